The van der Waals surface area contributed by atoms with Crippen LogP contribution in [0.25, 0.3) is 0 Å². The monoisotopic (exact) mass is 677 g/mol. The number of benzene rings is 1. The van der Waals surface area contributed by atoms with Crippen molar-refractivity contribution < 1.29 is 23.9 Å². The summed E-state index contributed by atoms with van der Waals surface area (Å²) >= 11 is 1.35. The van der Waals surface area contributed by atoms with Crippen LogP contribution in [0, 0.1) is 5.92 Å². The molecule has 2 aromatic rings. The first-order valence-electron chi connectivity index (χ1n) is 16.5. The van der Waals surface area contributed by atoms with Gasteiger partial charge in [0.1, 0.15) is 5.75 Å². The van der Waals surface area contributed by atoms with Crippen LogP contribution >= 0.6 is 11.8 Å². The van der Waals surface area contributed by atoms with Gasteiger partial charge in [0.25, 0.3) is 0 Å². The summed E-state index contributed by atoms with van der Waals surface area (Å²) in [5.41, 5.74) is 1.19. The molecule has 1 fully saturated rings. The van der Waals surface area contributed by atoms with Crippen LogP contribution in [0.4, 0.5) is 10.5 Å². The molecule has 1 saturated heterocycles. The van der Waals surface area contributed by atoms with E-state index < -0.39 is 17.2 Å². The van der Waals surface area contributed by atoms with Crippen LogP contribution in [0.1, 0.15) is 52.5 Å². The van der Waals surface area contributed by atoms with Crippen LogP contribution in [0.3, 0.4) is 0 Å². The van der Waals surface area contributed by atoms with Gasteiger partial charge in [-0.3, -0.25) is 19.3 Å². The van der Waals surface area contributed by atoms with E-state index in [2.05, 4.69) is 55.6 Å². The topological polar surface area (TPSA) is 120 Å². The summed E-state index contributed by atoms with van der Waals surface area (Å²) in [4.78, 5) is 55.5. The Bertz CT molecular complexity index is 1440. The maximum atomic E-state index is 13.0. The number of thioether (sulfide) groups is 1. The largest absolute Gasteiger partial charge is 0.496 e. The van der Waals surface area contributed by atoms with Crippen LogP contribution < -0.4 is 20.7 Å². The van der Waals surface area contributed by atoms with Crippen molar-refractivity contribution in [1.82, 2.24) is 20.4 Å². The maximum Gasteiger partial charge on any atom is 0.319 e. The van der Waals surface area contributed by atoms with E-state index in [1.54, 1.807) is 7.11 Å². The van der Waals surface area contributed by atoms with Crippen molar-refractivity contribution in [1.29, 1.82) is 0 Å². The van der Waals surface area contributed by atoms with E-state index >= 15 is 0 Å². The molecule has 0 aromatic heterocycles. The highest BCUT2D eigenvalue weighted by Gasteiger charge is 2.38. The van der Waals surface area contributed by atoms with Gasteiger partial charge in [-0.25, -0.2) is 4.79 Å². The Morgan fingerprint density at radius 3 is 2.33 bits per heavy atom. The lowest BCUT2D eigenvalue weighted by Gasteiger charge is -2.32. The number of carbonyl (C=O) groups excluding carboxylic acids is 4. The molecule has 1 aliphatic rings. The lowest BCUT2D eigenvalue weighted by molar-refractivity contribution is -0.138. The van der Waals surface area contributed by atoms with Gasteiger partial charge in [0.15, 0.2) is 0 Å². The van der Waals surface area contributed by atoms with Crippen molar-refractivity contribution in [3.63, 3.8) is 0 Å². The maximum absolute atomic E-state index is 13.0. The number of nitrogens with one attached hydrogen (secondary N) is 3. The minimum atomic E-state index is -0.528. The van der Waals surface area contributed by atoms with E-state index in [1.807, 2.05) is 72.8 Å². The molecule has 0 bridgehead atoms. The van der Waals surface area contributed by atoms with Gasteiger partial charge in [-0.2, -0.15) is 0 Å². The highest BCUT2D eigenvalue weighted by atomic mass is 32.2. The Morgan fingerprint density at radius 2 is 1.69 bits per heavy atom. The molecule has 0 radical (unpaired) electrons. The summed E-state index contributed by atoms with van der Waals surface area (Å²) < 4.78 is 5.69. The molecule has 0 aliphatic carbocycles. The quantitative estimate of drug-likeness (QED) is 0.197. The predicted molar refractivity (Wildman–Crippen MR) is 193 cm³/mol. The molecular formula is C37H51N5O5S. The molecule has 1 aliphatic heterocycles. The predicted octanol–water partition coefficient (Wildman–Crippen LogP) is 5.62. The van der Waals surface area contributed by atoms with Gasteiger partial charge >= 0.3 is 6.03 Å². The molecule has 1 unspecified atom stereocenters. The number of ether oxygens (including phenoxy) is 1. The second-order valence-corrected chi connectivity index (χ2v) is 14.0. The van der Waals surface area contributed by atoms with Gasteiger partial charge in [-0.15, -0.1) is 11.8 Å². The fourth-order valence-electron chi connectivity index (χ4n) is 5.45. The Morgan fingerprint density at radius 1 is 1.02 bits per heavy atom. The zero-order chi connectivity index (χ0) is 35.1. The summed E-state index contributed by atoms with van der Waals surface area (Å²) in [6, 6.07) is 22.1. The summed E-state index contributed by atoms with van der Waals surface area (Å²) in [7, 11) is 3.74. The fraction of sp³-hybridized carbons (Fsp3) is 0.459. The normalized spacial score (nSPS) is 15.1. The van der Waals surface area contributed by atoms with Gasteiger partial charge in [0.2, 0.25) is 17.7 Å². The van der Waals surface area contributed by atoms with Gasteiger partial charge in [-0.05, 0) is 55.6 Å². The minimum absolute atomic E-state index is 0.0593. The highest BCUT2D eigenvalue weighted by molar-refractivity contribution is 8.00. The van der Waals surface area contributed by atoms with E-state index in [-0.39, 0.29) is 43.3 Å². The third-order valence-corrected chi connectivity index (χ3v) is 9.54. The summed E-state index contributed by atoms with van der Waals surface area (Å²) in [6.07, 6.45) is 2.08. The zero-order valence-corrected chi connectivity index (χ0v) is 29.9. The zero-order valence-electron chi connectivity index (χ0n) is 29.1. The Hall–Kier alpha value is -4.09. The molecule has 3 N–H and O–H groups in total. The second kappa shape index (κ2) is 19.0. The number of carbonyl (C=O) groups is 4. The lowest BCUT2D eigenvalue weighted by atomic mass is 9.79. The van der Waals surface area contributed by atoms with E-state index in [9.17, 15) is 19.2 Å². The molecular weight excluding hydrogens is 627 g/mol. The number of amides is 5. The highest BCUT2D eigenvalue weighted by Crippen LogP contribution is 2.40. The van der Waals surface area contributed by atoms with Crippen molar-refractivity contribution in [2.24, 2.45) is 5.92 Å². The molecule has 0 spiro atoms. The number of hydrogen-bond donors (Lipinski definition) is 3. The number of methoxy groups -OCH3 is 1. The smallest absolute Gasteiger partial charge is 0.319 e. The third-order valence-electron chi connectivity index (χ3n) is 8.35. The van der Waals surface area contributed by atoms with Crippen molar-refractivity contribution in [3.8, 4) is 5.75 Å². The molecule has 260 valence electrons. The molecule has 2 atom stereocenters. The van der Waals surface area contributed by atoms with Gasteiger partial charge in [-0.1, -0.05) is 82.6 Å². The number of rotatable bonds is 16. The minimum Gasteiger partial charge on any atom is -0.496 e. The Kier molecular flexibility index (Phi) is 15.2. The SMILES string of the molecule is CC[C@@H](C)CN(C)CCC(C)(C)c1c(NC(=O)NCC(=O)NCCN2C(=O)CC(Sc3ccccccccc3)C2=O)cccc1OC. The van der Waals surface area contributed by atoms with Gasteiger partial charge < -0.3 is 25.6 Å². The van der Waals surface area contributed by atoms with Crippen LogP contribution in [0.15, 0.2) is 77.7 Å². The first-order chi connectivity index (χ1) is 22.9. The van der Waals surface area contributed by atoms with Crippen molar-refractivity contribution >= 4 is 41.2 Å². The van der Waals surface area contributed by atoms with Gasteiger partial charge in [0, 0.05) is 42.2 Å². The molecule has 10 nitrogen and oxygen atoms in total. The molecule has 2 aromatic carbocycles. The van der Waals surface area contributed by atoms with Crippen LogP contribution in [-0.2, 0) is 19.8 Å². The first-order valence-corrected chi connectivity index (χ1v) is 17.4. The van der Waals surface area contributed by atoms with E-state index in [0.29, 0.717) is 17.4 Å². The van der Waals surface area contributed by atoms with Crippen molar-refractivity contribution in [3.05, 3.63) is 78.4 Å². The average molecular weight is 678 g/mol. The number of urea groups is 1. The molecule has 0 saturated carbocycles. The second-order valence-electron chi connectivity index (χ2n) is 12.7. The lowest BCUT2D eigenvalue weighted by Crippen LogP contribution is -2.43. The molecule has 11 heteroatoms. The summed E-state index contributed by atoms with van der Waals surface area (Å²) in [6.45, 7) is 10.5. The number of hydrogen-bond acceptors (Lipinski definition) is 7. The Balaban J connectivity index is 1.50. The number of nitrogens with zero attached hydrogens (tertiary/aromatic N) is 2. The number of imide groups is 1. The van der Waals surface area contributed by atoms with Crippen LogP contribution in [0.2, 0.25) is 0 Å². The van der Waals surface area contributed by atoms with Crippen molar-refractivity contribution in [2.45, 2.75) is 62.5 Å². The van der Waals surface area contributed by atoms with Gasteiger partial charge in [0.05, 0.1) is 18.9 Å². The number of likely N-dealkylation sites (tertiary alicyclic amines) is 1. The standard InChI is InChI=1S/C37H51N5O5S/c1-7-27(2)26-41(5)22-20-37(3,4)34-29(18-15-19-30(34)47-6)40-36(46)39-25-32(43)38-21-23-42-33(44)24-31(35(42)45)48-28-16-13-11-9-8-10-12-14-17-28/h8-19,27,31H,7,20-26H2,1-6H3,(H,38,43)(H2,39,40,46)/t27-,31?/m1/s1. The molecule has 1 heterocycles. The average Bonchev–Trinajstić information content (AvgIpc) is 3.32. The van der Waals surface area contributed by atoms with Crippen LogP contribution in [0.5, 0.6) is 5.75 Å². The van der Waals surface area contributed by atoms with E-state index in [0.717, 1.165) is 36.4 Å². The van der Waals surface area contributed by atoms with E-state index in [4.69, 9.17) is 4.74 Å². The Labute approximate surface area is 289 Å². The third kappa shape index (κ3) is 11.9. The van der Waals surface area contributed by atoms with Crippen LogP contribution in [-0.4, -0.2) is 85.7 Å². The summed E-state index contributed by atoms with van der Waals surface area (Å²) in [5.74, 6) is 0.316. The van der Waals surface area contributed by atoms with Crippen molar-refractivity contribution in [2.75, 3.05) is 52.2 Å². The first kappa shape index (κ1) is 38.4. The van der Waals surface area contributed by atoms with E-state index in [1.165, 1.54) is 16.7 Å². The molecule has 48 heavy (non-hydrogen) atoms. The fourth-order valence-corrected chi connectivity index (χ4v) is 6.54. The molecule has 5 amide bonds. The molecule has 3 rings (SSSR count). The number of anilines is 1. The summed E-state index contributed by atoms with van der Waals surface area (Å²) in [5, 5.41) is 7.66.